The number of nitrogens with two attached hydrogens (primary N) is 1. The third kappa shape index (κ3) is 2.78. The number of nitrogens with one attached hydrogen (secondary N) is 1. The number of anilines is 1. The van der Waals surface area contributed by atoms with E-state index in [1.165, 1.54) is 6.07 Å². The molecule has 0 bridgehead atoms. The van der Waals surface area contributed by atoms with Crippen molar-refractivity contribution in [2.45, 2.75) is 19.4 Å². The largest absolute Gasteiger partial charge is 0.504 e. The lowest BCUT2D eigenvalue weighted by Gasteiger charge is -2.24. The second kappa shape index (κ2) is 5.30. The Labute approximate surface area is 117 Å². The van der Waals surface area contributed by atoms with Crippen molar-refractivity contribution in [2.24, 2.45) is 5.73 Å². The molecule has 0 aliphatic rings. The molecule has 5 nitrogen and oxygen atoms in total. The molecule has 1 aromatic heterocycles. The highest BCUT2D eigenvalue weighted by atomic mass is 16.3. The first-order valence-corrected chi connectivity index (χ1v) is 6.23. The number of hydrogen-bond donors (Lipinski definition) is 3. The van der Waals surface area contributed by atoms with Crippen LogP contribution in [0, 0.1) is 6.92 Å². The number of hydrogen-bond acceptors (Lipinski definition) is 4. The second-order valence-electron chi connectivity index (χ2n) is 4.84. The van der Waals surface area contributed by atoms with Crippen molar-refractivity contribution >= 4 is 11.7 Å². The molecule has 0 spiro atoms. The minimum atomic E-state index is -1.21. The van der Waals surface area contributed by atoms with E-state index in [1.54, 1.807) is 32.0 Å². The molecule has 0 radical (unpaired) electrons. The summed E-state index contributed by atoms with van der Waals surface area (Å²) in [6.45, 7) is 3.39. The summed E-state index contributed by atoms with van der Waals surface area (Å²) in [5.41, 5.74) is 6.26. The Bertz CT molecular complexity index is 624. The zero-order valence-electron chi connectivity index (χ0n) is 11.4. The van der Waals surface area contributed by atoms with Crippen LogP contribution in [-0.4, -0.2) is 16.0 Å². The smallest absolute Gasteiger partial charge is 0.250 e. The van der Waals surface area contributed by atoms with Crippen LogP contribution < -0.4 is 11.1 Å². The lowest BCUT2D eigenvalue weighted by molar-refractivity contribution is -0.120. The van der Waals surface area contributed by atoms with Crippen LogP contribution in [0.15, 0.2) is 42.5 Å². The number of aromatic hydroxyl groups is 1. The minimum absolute atomic E-state index is 0.0900. The Hall–Kier alpha value is -2.40. The molecular formula is C15H17N3O2. The molecule has 2 rings (SSSR count). The van der Waals surface area contributed by atoms with Crippen LogP contribution in [0.2, 0.25) is 0 Å². The zero-order valence-corrected chi connectivity index (χ0v) is 11.4. The molecule has 1 atom stereocenters. The van der Waals surface area contributed by atoms with Crippen molar-refractivity contribution in [1.29, 1.82) is 0 Å². The molecule has 20 heavy (non-hydrogen) atoms. The molecule has 2 aromatic rings. The van der Waals surface area contributed by atoms with Gasteiger partial charge in [-0.05, 0) is 31.5 Å². The molecule has 104 valence electrons. The maximum absolute atomic E-state index is 12.3. The van der Waals surface area contributed by atoms with Gasteiger partial charge in [0, 0.05) is 5.69 Å². The average molecular weight is 271 g/mol. The van der Waals surface area contributed by atoms with Crippen LogP contribution in [0.5, 0.6) is 5.75 Å². The summed E-state index contributed by atoms with van der Waals surface area (Å²) in [4.78, 5) is 16.4. The number of aromatic nitrogens is 1. The number of amides is 1. The van der Waals surface area contributed by atoms with Gasteiger partial charge in [-0.1, -0.05) is 30.3 Å². The zero-order chi connectivity index (χ0) is 14.8. The lowest BCUT2D eigenvalue weighted by atomic mass is 9.92. The van der Waals surface area contributed by atoms with Crippen molar-refractivity contribution < 1.29 is 9.90 Å². The molecule has 0 aliphatic heterocycles. The van der Waals surface area contributed by atoms with Crippen LogP contribution >= 0.6 is 0 Å². The first kappa shape index (κ1) is 14.0. The fourth-order valence-corrected chi connectivity index (χ4v) is 1.79. The monoisotopic (exact) mass is 271 g/mol. The first-order valence-electron chi connectivity index (χ1n) is 6.23. The molecule has 0 aliphatic carbocycles. The van der Waals surface area contributed by atoms with Gasteiger partial charge >= 0.3 is 0 Å². The van der Waals surface area contributed by atoms with Gasteiger partial charge in [-0.15, -0.1) is 0 Å². The Morgan fingerprint density at radius 2 is 1.90 bits per heavy atom. The number of aryl methyl sites for hydroxylation is 1. The summed E-state index contributed by atoms with van der Waals surface area (Å²) < 4.78 is 0. The van der Waals surface area contributed by atoms with E-state index < -0.39 is 11.4 Å². The fourth-order valence-electron chi connectivity index (χ4n) is 1.79. The number of rotatable bonds is 3. The molecule has 1 heterocycles. The highest BCUT2D eigenvalue weighted by Gasteiger charge is 2.31. The predicted molar refractivity (Wildman–Crippen MR) is 77.2 cm³/mol. The van der Waals surface area contributed by atoms with Crippen LogP contribution in [0.25, 0.3) is 0 Å². The second-order valence-corrected chi connectivity index (χ2v) is 4.84. The van der Waals surface area contributed by atoms with Gasteiger partial charge in [0.1, 0.15) is 5.54 Å². The normalized spacial score (nSPS) is 13.6. The summed E-state index contributed by atoms with van der Waals surface area (Å²) in [5.74, 6) is -0.410. The van der Waals surface area contributed by atoms with Gasteiger partial charge in [0.05, 0.1) is 0 Å². The highest BCUT2D eigenvalue weighted by molar-refractivity contribution is 5.98. The molecule has 1 aromatic carbocycles. The van der Waals surface area contributed by atoms with Crippen LogP contribution in [0.1, 0.15) is 18.2 Å². The molecule has 5 heteroatoms. The van der Waals surface area contributed by atoms with E-state index in [2.05, 4.69) is 10.3 Å². The van der Waals surface area contributed by atoms with Gasteiger partial charge in [-0.25, -0.2) is 4.98 Å². The van der Waals surface area contributed by atoms with E-state index in [0.29, 0.717) is 11.3 Å². The molecule has 1 amide bonds. The van der Waals surface area contributed by atoms with Gasteiger partial charge in [-0.2, -0.15) is 0 Å². The molecule has 0 saturated heterocycles. The third-order valence-corrected chi connectivity index (χ3v) is 3.09. The summed E-state index contributed by atoms with van der Waals surface area (Å²) in [6, 6.07) is 12.2. The quantitative estimate of drug-likeness (QED) is 0.795. The number of pyridine rings is 1. The van der Waals surface area contributed by atoms with Crippen molar-refractivity contribution in [3.8, 4) is 5.75 Å². The van der Waals surface area contributed by atoms with Crippen LogP contribution in [0.4, 0.5) is 5.82 Å². The highest BCUT2D eigenvalue weighted by Crippen LogP contribution is 2.24. The minimum Gasteiger partial charge on any atom is -0.504 e. The van der Waals surface area contributed by atoms with Crippen molar-refractivity contribution in [3.05, 3.63) is 53.7 Å². The molecule has 1 unspecified atom stereocenters. The number of benzene rings is 1. The fraction of sp³-hybridized carbons (Fsp3) is 0.200. The number of carbonyl (C=O) groups is 1. The van der Waals surface area contributed by atoms with Gasteiger partial charge in [0.15, 0.2) is 11.6 Å². The molecule has 0 saturated carbocycles. The van der Waals surface area contributed by atoms with E-state index in [0.717, 1.165) is 0 Å². The van der Waals surface area contributed by atoms with Gasteiger partial charge in [-0.3, -0.25) is 4.79 Å². The van der Waals surface area contributed by atoms with Gasteiger partial charge in [0.25, 0.3) is 0 Å². The van der Waals surface area contributed by atoms with Crippen molar-refractivity contribution in [3.63, 3.8) is 0 Å². The number of carbonyl (C=O) groups excluding carboxylic acids is 1. The van der Waals surface area contributed by atoms with E-state index in [-0.39, 0.29) is 11.6 Å². The van der Waals surface area contributed by atoms with E-state index >= 15 is 0 Å². The summed E-state index contributed by atoms with van der Waals surface area (Å²) >= 11 is 0. The topological polar surface area (TPSA) is 88.2 Å². The molecular weight excluding hydrogens is 254 g/mol. The summed E-state index contributed by atoms with van der Waals surface area (Å²) in [7, 11) is 0. The number of nitrogens with zero attached hydrogens (tertiary/aromatic N) is 1. The summed E-state index contributed by atoms with van der Waals surface area (Å²) in [5, 5.41) is 12.3. The van der Waals surface area contributed by atoms with Crippen LogP contribution in [-0.2, 0) is 10.3 Å². The van der Waals surface area contributed by atoms with E-state index in [4.69, 9.17) is 5.73 Å². The Kier molecular flexibility index (Phi) is 3.72. The van der Waals surface area contributed by atoms with Gasteiger partial charge in [0.2, 0.25) is 5.91 Å². The van der Waals surface area contributed by atoms with Crippen molar-refractivity contribution in [1.82, 2.24) is 4.98 Å². The standard InChI is InChI=1S/C15H17N3O2/c1-10-8-9-12(19)13(17-10)18-14(20)15(2,16)11-6-4-3-5-7-11/h3-9,19H,16H2,1-2H3,(H,17,18,20). The summed E-state index contributed by atoms with van der Waals surface area (Å²) in [6.07, 6.45) is 0. The Balaban J connectivity index is 2.26. The first-order chi connectivity index (χ1) is 9.41. The van der Waals surface area contributed by atoms with E-state index in [9.17, 15) is 9.90 Å². The SMILES string of the molecule is Cc1ccc(O)c(NC(=O)C(C)(N)c2ccccc2)n1. The molecule has 0 fully saturated rings. The van der Waals surface area contributed by atoms with Crippen LogP contribution in [0.3, 0.4) is 0 Å². The maximum Gasteiger partial charge on any atom is 0.250 e. The Morgan fingerprint density at radius 3 is 2.55 bits per heavy atom. The Morgan fingerprint density at radius 1 is 1.25 bits per heavy atom. The maximum atomic E-state index is 12.3. The molecule has 4 N–H and O–H groups in total. The van der Waals surface area contributed by atoms with Crippen molar-refractivity contribution in [2.75, 3.05) is 5.32 Å². The average Bonchev–Trinajstić information content (AvgIpc) is 2.43. The van der Waals surface area contributed by atoms with E-state index in [1.807, 2.05) is 18.2 Å². The predicted octanol–water partition coefficient (Wildman–Crippen LogP) is 1.91. The third-order valence-electron chi connectivity index (χ3n) is 3.09. The lowest BCUT2D eigenvalue weighted by Crippen LogP contribution is -2.45. The van der Waals surface area contributed by atoms with Gasteiger partial charge < -0.3 is 16.2 Å².